The minimum absolute atomic E-state index is 0.193. The number of rotatable bonds is 6. The number of ether oxygens (including phenoxy) is 1. The molecular weight excluding hydrogens is 268 g/mol. The zero-order chi connectivity index (χ0) is 15.0. The number of carbonyl (C=O) groups is 1. The van der Waals surface area contributed by atoms with Crippen molar-refractivity contribution in [3.63, 3.8) is 0 Å². The normalized spacial score (nSPS) is 15.0. The predicted octanol–water partition coefficient (Wildman–Crippen LogP) is 3.04. The van der Waals surface area contributed by atoms with Crippen LogP contribution in [0.25, 0.3) is 11.0 Å². The van der Waals surface area contributed by atoms with Crippen LogP contribution in [0.15, 0.2) is 18.2 Å². The number of aromatic nitrogens is 2. The van der Waals surface area contributed by atoms with Crippen molar-refractivity contribution >= 4 is 17.0 Å². The van der Waals surface area contributed by atoms with Crippen molar-refractivity contribution in [2.45, 2.75) is 45.3 Å². The third kappa shape index (κ3) is 2.78. The maximum Gasteiger partial charge on any atom is 0.337 e. The lowest BCUT2D eigenvalue weighted by molar-refractivity contribution is 0.0698. The van der Waals surface area contributed by atoms with Crippen molar-refractivity contribution in [3.05, 3.63) is 29.6 Å². The summed E-state index contributed by atoms with van der Waals surface area (Å²) in [7, 11) is 0. The SMILES string of the molecule is CC(C)OCCn1c(C2CC2)nc2c(C(=O)O)cccc21. The molecule has 0 saturated heterocycles. The molecule has 0 radical (unpaired) electrons. The molecule has 0 spiro atoms. The molecule has 1 fully saturated rings. The highest BCUT2D eigenvalue weighted by Gasteiger charge is 2.30. The molecule has 1 aliphatic carbocycles. The maximum atomic E-state index is 11.4. The molecule has 1 aromatic carbocycles. The Morgan fingerprint density at radius 3 is 2.86 bits per heavy atom. The van der Waals surface area contributed by atoms with Gasteiger partial charge < -0.3 is 14.4 Å². The first-order valence-electron chi connectivity index (χ1n) is 7.42. The average molecular weight is 288 g/mol. The molecule has 5 nitrogen and oxygen atoms in total. The number of benzene rings is 1. The Balaban J connectivity index is 2.01. The molecule has 0 aliphatic heterocycles. The first-order chi connectivity index (χ1) is 10.1. The number of carboxylic acid groups (broad SMARTS) is 1. The van der Waals surface area contributed by atoms with Crippen LogP contribution in [-0.4, -0.2) is 33.3 Å². The van der Waals surface area contributed by atoms with Gasteiger partial charge in [-0.2, -0.15) is 0 Å². The molecule has 112 valence electrons. The monoisotopic (exact) mass is 288 g/mol. The lowest BCUT2D eigenvalue weighted by atomic mass is 10.2. The fourth-order valence-corrected chi connectivity index (χ4v) is 2.61. The van der Waals surface area contributed by atoms with Gasteiger partial charge in [-0.15, -0.1) is 0 Å². The minimum atomic E-state index is -0.925. The van der Waals surface area contributed by atoms with Crippen LogP contribution in [0.1, 0.15) is 48.8 Å². The first kappa shape index (κ1) is 14.1. The number of nitrogens with zero attached hydrogens (tertiary/aromatic N) is 2. The zero-order valence-corrected chi connectivity index (χ0v) is 12.4. The van der Waals surface area contributed by atoms with Gasteiger partial charge in [0.15, 0.2) is 0 Å². The van der Waals surface area contributed by atoms with Gasteiger partial charge in [-0.05, 0) is 38.8 Å². The smallest absolute Gasteiger partial charge is 0.337 e. The van der Waals surface area contributed by atoms with Crippen molar-refractivity contribution in [2.75, 3.05) is 6.61 Å². The number of imidazole rings is 1. The number of hydrogen-bond acceptors (Lipinski definition) is 3. The van der Waals surface area contributed by atoms with Gasteiger partial charge in [0.2, 0.25) is 0 Å². The summed E-state index contributed by atoms with van der Waals surface area (Å²) in [5.41, 5.74) is 1.76. The molecular formula is C16H20N2O3. The van der Waals surface area contributed by atoms with Gasteiger partial charge in [-0.1, -0.05) is 6.07 Å². The van der Waals surface area contributed by atoms with E-state index in [2.05, 4.69) is 9.55 Å². The van der Waals surface area contributed by atoms with Gasteiger partial charge in [0.1, 0.15) is 11.3 Å². The highest BCUT2D eigenvalue weighted by atomic mass is 16.5. The van der Waals surface area contributed by atoms with E-state index < -0.39 is 5.97 Å². The van der Waals surface area contributed by atoms with Crippen molar-refractivity contribution in [2.24, 2.45) is 0 Å². The van der Waals surface area contributed by atoms with Gasteiger partial charge in [-0.3, -0.25) is 0 Å². The topological polar surface area (TPSA) is 64.4 Å². The van der Waals surface area contributed by atoms with E-state index in [-0.39, 0.29) is 11.7 Å². The third-order valence-corrected chi connectivity index (χ3v) is 3.75. The fraction of sp³-hybridized carbons (Fsp3) is 0.500. The van der Waals surface area contributed by atoms with Crippen LogP contribution in [0.2, 0.25) is 0 Å². The maximum absolute atomic E-state index is 11.4. The number of para-hydroxylation sites is 1. The van der Waals surface area contributed by atoms with Crippen LogP contribution in [0, 0.1) is 0 Å². The van der Waals surface area contributed by atoms with Crippen molar-refractivity contribution in [1.82, 2.24) is 9.55 Å². The molecule has 2 aromatic rings. The Morgan fingerprint density at radius 1 is 1.48 bits per heavy atom. The van der Waals surface area contributed by atoms with Crippen LogP contribution in [0.4, 0.5) is 0 Å². The molecule has 3 rings (SSSR count). The third-order valence-electron chi connectivity index (χ3n) is 3.75. The van der Waals surface area contributed by atoms with Gasteiger partial charge in [0.25, 0.3) is 0 Å². The summed E-state index contributed by atoms with van der Waals surface area (Å²) in [6.07, 6.45) is 2.46. The van der Waals surface area contributed by atoms with Gasteiger partial charge in [0, 0.05) is 12.5 Å². The quantitative estimate of drug-likeness (QED) is 0.887. The van der Waals surface area contributed by atoms with E-state index in [1.54, 1.807) is 12.1 Å². The van der Waals surface area contributed by atoms with E-state index in [9.17, 15) is 9.90 Å². The van der Waals surface area contributed by atoms with Crippen molar-refractivity contribution < 1.29 is 14.6 Å². The van der Waals surface area contributed by atoms with Crippen molar-refractivity contribution in [3.8, 4) is 0 Å². The van der Waals surface area contributed by atoms with E-state index in [0.717, 1.165) is 24.2 Å². The average Bonchev–Trinajstić information content (AvgIpc) is 3.21. The van der Waals surface area contributed by atoms with E-state index in [1.165, 1.54) is 0 Å². The second kappa shape index (κ2) is 5.48. The largest absolute Gasteiger partial charge is 0.478 e. The standard InChI is InChI=1S/C16H20N2O3/c1-10(2)21-9-8-18-13-5-3-4-12(16(19)20)14(13)17-15(18)11-6-7-11/h3-5,10-11H,6-9H2,1-2H3,(H,19,20). The summed E-state index contributed by atoms with van der Waals surface area (Å²) in [6.45, 7) is 5.34. The predicted molar refractivity (Wildman–Crippen MR) is 79.8 cm³/mol. The minimum Gasteiger partial charge on any atom is -0.478 e. The molecule has 1 saturated carbocycles. The highest BCUT2D eigenvalue weighted by molar-refractivity contribution is 6.01. The second-order valence-electron chi connectivity index (χ2n) is 5.79. The summed E-state index contributed by atoms with van der Waals surface area (Å²) >= 11 is 0. The van der Waals surface area contributed by atoms with Crippen LogP contribution >= 0.6 is 0 Å². The van der Waals surface area contributed by atoms with Crippen LogP contribution < -0.4 is 0 Å². The molecule has 1 aromatic heterocycles. The van der Waals surface area contributed by atoms with Crippen LogP contribution in [0.3, 0.4) is 0 Å². The summed E-state index contributed by atoms with van der Waals surface area (Å²) in [6, 6.07) is 5.34. The zero-order valence-electron chi connectivity index (χ0n) is 12.4. The fourth-order valence-electron chi connectivity index (χ4n) is 2.61. The Hall–Kier alpha value is -1.88. The molecule has 0 atom stereocenters. The lowest BCUT2D eigenvalue weighted by Gasteiger charge is -2.11. The van der Waals surface area contributed by atoms with Gasteiger partial charge in [0.05, 0.1) is 23.8 Å². The number of carboxylic acids is 1. The van der Waals surface area contributed by atoms with Gasteiger partial charge in [-0.25, -0.2) is 9.78 Å². The second-order valence-corrected chi connectivity index (χ2v) is 5.79. The molecule has 1 aliphatic rings. The first-order valence-corrected chi connectivity index (χ1v) is 7.42. The summed E-state index contributed by atoms with van der Waals surface area (Å²) in [4.78, 5) is 16.0. The Morgan fingerprint density at radius 2 is 2.24 bits per heavy atom. The number of aromatic carboxylic acids is 1. The Bertz CT molecular complexity index is 671. The molecule has 1 heterocycles. The van der Waals surface area contributed by atoms with E-state index in [1.807, 2.05) is 19.9 Å². The number of fused-ring (bicyclic) bond motifs is 1. The van der Waals surface area contributed by atoms with Gasteiger partial charge >= 0.3 is 5.97 Å². The van der Waals surface area contributed by atoms with Crippen LogP contribution in [-0.2, 0) is 11.3 Å². The molecule has 5 heteroatoms. The Labute approximate surface area is 123 Å². The molecule has 0 amide bonds. The summed E-state index contributed by atoms with van der Waals surface area (Å²) in [5, 5.41) is 9.31. The molecule has 0 unspecified atom stereocenters. The molecule has 1 N–H and O–H groups in total. The summed E-state index contributed by atoms with van der Waals surface area (Å²) in [5.74, 6) is 0.551. The molecule has 21 heavy (non-hydrogen) atoms. The molecule has 0 bridgehead atoms. The summed E-state index contributed by atoms with van der Waals surface area (Å²) < 4.78 is 7.76. The van der Waals surface area contributed by atoms with Crippen molar-refractivity contribution in [1.29, 1.82) is 0 Å². The van der Waals surface area contributed by atoms with E-state index >= 15 is 0 Å². The highest BCUT2D eigenvalue weighted by Crippen LogP contribution is 2.41. The van der Waals surface area contributed by atoms with Crippen LogP contribution in [0.5, 0.6) is 0 Å². The lowest BCUT2D eigenvalue weighted by Crippen LogP contribution is -2.12. The number of hydrogen-bond donors (Lipinski definition) is 1. The van der Waals surface area contributed by atoms with E-state index in [0.29, 0.717) is 24.6 Å². The van der Waals surface area contributed by atoms with E-state index in [4.69, 9.17) is 4.74 Å². The Kier molecular flexibility index (Phi) is 3.68.